The number of amides is 1. The van der Waals surface area contributed by atoms with Gasteiger partial charge in [0.25, 0.3) is 0 Å². The standard InChI is InChI=1S/C36H51NO6/c1-24(39)37-28(22-38)21-34(41)43-29-16-18-36(3)27(20-29)12-14-30-31-15-13-26(35(31,2)19-17-32(30)36)10-7-11-33(40)42-23-25-8-5-4-6-9-25/h4-6,8-9,22,26-32H,7,10-21,23H2,1-3H3,(H,37,39). The largest absolute Gasteiger partial charge is 0.462 e. The van der Waals surface area contributed by atoms with Gasteiger partial charge in [-0.1, -0.05) is 44.2 Å². The molecule has 7 heteroatoms. The zero-order valence-electron chi connectivity index (χ0n) is 26.4. The highest BCUT2D eigenvalue weighted by Crippen LogP contribution is 2.68. The highest BCUT2D eigenvalue weighted by molar-refractivity contribution is 5.81. The van der Waals surface area contributed by atoms with Gasteiger partial charge in [-0.2, -0.15) is 0 Å². The van der Waals surface area contributed by atoms with E-state index in [1.54, 1.807) is 0 Å². The average Bonchev–Trinajstić information content (AvgIpc) is 3.32. The van der Waals surface area contributed by atoms with Gasteiger partial charge in [0.05, 0.1) is 12.5 Å². The van der Waals surface area contributed by atoms with Gasteiger partial charge in [-0.25, -0.2) is 0 Å². The predicted octanol–water partition coefficient (Wildman–Crippen LogP) is 6.56. The lowest BCUT2D eigenvalue weighted by Gasteiger charge is -2.61. The first kappa shape index (κ1) is 31.7. The van der Waals surface area contributed by atoms with Crippen LogP contribution in [0.15, 0.2) is 30.3 Å². The molecule has 4 saturated carbocycles. The molecule has 0 aromatic heterocycles. The summed E-state index contributed by atoms with van der Waals surface area (Å²) in [7, 11) is 0. The summed E-state index contributed by atoms with van der Waals surface area (Å²) in [6, 6.07) is 9.05. The average molecular weight is 594 g/mol. The van der Waals surface area contributed by atoms with Gasteiger partial charge in [-0.05, 0) is 117 Å². The molecule has 0 radical (unpaired) electrons. The number of hydrogen-bond donors (Lipinski definition) is 1. The molecule has 1 aromatic carbocycles. The summed E-state index contributed by atoms with van der Waals surface area (Å²) in [6.07, 6.45) is 13.4. The first-order valence-electron chi connectivity index (χ1n) is 16.7. The number of nitrogens with one attached hydrogen (secondary N) is 1. The fourth-order valence-electron chi connectivity index (χ4n) is 10.0. The van der Waals surface area contributed by atoms with Crippen molar-refractivity contribution in [3.05, 3.63) is 35.9 Å². The van der Waals surface area contributed by atoms with Crippen LogP contribution in [0.2, 0.25) is 0 Å². The molecule has 43 heavy (non-hydrogen) atoms. The zero-order chi connectivity index (χ0) is 30.6. The number of carbonyl (C=O) groups excluding carboxylic acids is 4. The number of rotatable bonds is 11. The van der Waals surface area contributed by atoms with E-state index in [1.807, 2.05) is 30.3 Å². The quantitative estimate of drug-likeness (QED) is 0.230. The van der Waals surface area contributed by atoms with E-state index in [-0.39, 0.29) is 29.8 Å². The number of aldehydes is 1. The molecule has 1 amide bonds. The van der Waals surface area contributed by atoms with Crippen molar-refractivity contribution in [2.45, 2.75) is 123 Å². The van der Waals surface area contributed by atoms with Crippen LogP contribution in [0.1, 0.15) is 110 Å². The van der Waals surface area contributed by atoms with Crippen molar-refractivity contribution in [1.82, 2.24) is 5.32 Å². The molecule has 9 atom stereocenters. The fourth-order valence-corrected chi connectivity index (χ4v) is 10.0. The van der Waals surface area contributed by atoms with E-state index >= 15 is 0 Å². The van der Waals surface area contributed by atoms with E-state index in [0.29, 0.717) is 36.6 Å². The second kappa shape index (κ2) is 13.5. The van der Waals surface area contributed by atoms with E-state index in [9.17, 15) is 19.2 Å². The van der Waals surface area contributed by atoms with Crippen LogP contribution >= 0.6 is 0 Å². The molecule has 4 aliphatic carbocycles. The summed E-state index contributed by atoms with van der Waals surface area (Å²) in [5.74, 6) is 2.70. The van der Waals surface area contributed by atoms with Gasteiger partial charge in [0.2, 0.25) is 5.91 Å². The molecule has 5 rings (SSSR count). The first-order chi connectivity index (χ1) is 20.6. The van der Waals surface area contributed by atoms with Gasteiger partial charge >= 0.3 is 11.9 Å². The normalized spacial score (nSPS) is 35.4. The molecular weight excluding hydrogens is 542 g/mol. The molecule has 7 nitrogen and oxygen atoms in total. The minimum Gasteiger partial charge on any atom is -0.462 e. The minimum absolute atomic E-state index is 0.0870. The second-order valence-corrected chi connectivity index (χ2v) is 14.5. The molecule has 9 unspecified atom stereocenters. The highest BCUT2D eigenvalue weighted by atomic mass is 16.5. The molecule has 1 aromatic rings. The van der Waals surface area contributed by atoms with Crippen molar-refractivity contribution in [2.75, 3.05) is 0 Å². The van der Waals surface area contributed by atoms with Crippen molar-refractivity contribution >= 4 is 24.1 Å². The molecule has 4 fully saturated rings. The Hall–Kier alpha value is -2.70. The summed E-state index contributed by atoms with van der Waals surface area (Å²) < 4.78 is 11.4. The molecular formula is C36H51NO6. The van der Waals surface area contributed by atoms with Crippen LogP contribution in [0.4, 0.5) is 0 Å². The van der Waals surface area contributed by atoms with Crippen LogP contribution in [0.3, 0.4) is 0 Å². The smallest absolute Gasteiger partial charge is 0.308 e. The van der Waals surface area contributed by atoms with Crippen molar-refractivity contribution in [3.8, 4) is 0 Å². The second-order valence-electron chi connectivity index (χ2n) is 14.5. The van der Waals surface area contributed by atoms with Crippen molar-refractivity contribution < 1.29 is 28.7 Å². The Morgan fingerprint density at radius 1 is 0.953 bits per heavy atom. The van der Waals surface area contributed by atoms with Gasteiger partial charge in [0.15, 0.2) is 0 Å². The predicted molar refractivity (Wildman–Crippen MR) is 163 cm³/mol. The number of benzene rings is 1. The molecule has 0 bridgehead atoms. The van der Waals surface area contributed by atoms with Crippen molar-refractivity contribution in [1.29, 1.82) is 0 Å². The van der Waals surface area contributed by atoms with E-state index in [4.69, 9.17) is 9.47 Å². The Morgan fingerprint density at radius 3 is 2.44 bits per heavy atom. The maximum atomic E-state index is 12.6. The molecule has 236 valence electrons. The molecule has 4 aliphatic rings. The Labute approximate surface area is 257 Å². The third kappa shape index (κ3) is 7.01. The highest BCUT2D eigenvalue weighted by Gasteiger charge is 2.60. The molecule has 0 spiro atoms. The maximum Gasteiger partial charge on any atom is 0.308 e. The lowest BCUT2D eigenvalue weighted by Crippen LogP contribution is -2.54. The number of esters is 2. The van der Waals surface area contributed by atoms with Crippen molar-refractivity contribution in [2.24, 2.45) is 40.4 Å². The summed E-state index contributed by atoms with van der Waals surface area (Å²) in [4.78, 5) is 47.5. The van der Waals surface area contributed by atoms with Crippen LogP contribution in [-0.2, 0) is 35.3 Å². The van der Waals surface area contributed by atoms with Gasteiger partial charge in [0.1, 0.15) is 19.0 Å². The van der Waals surface area contributed by atoms with Gasteiger partial charge in [-0.3, -0.25) is 14.4 Å². The summed E-state index contributed by atoms with van der Waals surface area (Å²) in [6.45, 7) is 6.76. The fraction of sp³-hybridized carbons (Fsp3) is 0.722. The third-order valence-corrected chi connectivity index (χ3v) is 12.2. The van der Waals surface area contributed by atoms with Crippen LogP contribution in [0.5, 0.6) is 0 Å². The number of ether oxygens (including phenoxy) is 2. The summed E-state index contributed by atoms with van der Waals surface area (Å²) in [5, 5.41) is 2.50. The summed E-state index contributed by atoms with van der Waals surface area (Å²) in [5.41, 5.74) is 1.69. The Bertz CT molecular complexity index is 1150. The summed E-state index contributed by atoms with van der Waals surface area (Å²) >= 11 is 0. The maximum absolute atomic E-state index is 12.6. The lowest BCUT2D eigenvalue weighted by molar-refractivity contribution is -0.163. The number of carbonyl (C=O) groups is 4. The zero-order valence-corrected chi connectivity index (χ0v) is 26.4. The molecule has 0 aliphatic heterocycles. The first-order valence-corrected chi connectivity index (χ1v) is 16.7. The van der Waals surface area contributed by atoms with Gasteiger partial charge in [0, 0.05) is 13.3 Å². The number of hydrogen-bond acceptors (Lipinski definition) is 6. The van der Waals surface area contributed by atoms with Crippen LogP contribution in [-0.4, -0.2) is 36.3 Å². The van der Waals surface area contributed by atoms with Crippen LogP contribution in [0.25, 0.3) is 0 Å². The third-order valence-electron chi connectivity index (χ3n) is 12.2. The van der Waals surface area contributed by atoms with E-state index in [1.165, 1.54) is 45.4 Å². The minimum atomic E-state index is -0.824. The Balaban J connectivity index is 1.11. The van der Waals surface area contributed by atoms with E-state index < -0.39 is 12.0 Å². The van der Waals surface area contributed by atoms with E-state index in [0.717, 1.165) is 55.4 Å². The van der Waals surface area contributed by atoms with Crippen LogP contribution in [0, 0.1) is 40.4 Å². The van der Waals surface area contributed by atoms with Crippen molar-refractivity contribution in [3.63, 3.8) is 0 Å². The monoisotopic (exact) mass is 593 g/mol. The molecule has 0 saturated heterocycles. The molecule has 0 heterocycles. The van der Waals surface area contributed by atoms with Gasteiger partial charge in [-0.15, -0.1) is 0 Å². The topological polar surface area (TPSA) is 98.8 Å². The number of fused-ring (bicyclic) bond motifs is 5. The Kier molecular flexibility index (Phi) is 9.97. The van der Waals surface area contributed by atoms with Crippen LogP contribution < -0.4 is 5.32 Å². The molecule has 1 N–H and O–H groups in total. The SMILES string of the molecule is CC(=O)NC(C=O)CC(=O)OC1CCC2(C)C(CCC3C4CCC(CCCC(=O)OCc5ccccc5)C4(C)CCC32)C1. The lowest BCUT2D eigenvalue weighted by atomic mass is 9.44. The van der Waals surface area contributed by atoms with Gasteiger partial charge < -0.3 is 19.6 Å². The Morgan fingerprint density at radius 2 is 1.70 bits per heavy atom. The van der Waals surface area contributed by atoms with E-state index in [2.05, 4.69) is 19.2 Å².